The van der Waals surface area contributed by atoms with Crippen molar-refractivity contribution in [2.24, 2.45) is 0 Å². The van der Waals surface area contributed by atoms with Gasteiger partial charge < -0.3 is 0 Å². The molecule has 0 N–H and O–H groups in total. The van der Waals surface area contributed by atoms with Crippen LogP contribution < -0.4 is 0 Å². The van der Waals surface area contributed by atoms with Crippen LogP contribution in [0.2, 0.25) is 0 Å². The first-order chi connectivity index (χ1) is 8.74. The highest BCUT2D eigenvalue weighted by molar-refractivity contribution is 5.59. The number of hydrogen-bond acceptors (Lipinski definition) is 2. The fourth-order valence-electron chi connectivity index (χ4n) is 2.13. The normalized spacial score (nSPS) is 15.1. The molecule has 1 aliphatic rings. The molecule has 1 fully saturated rings. The predicted molar refractivity (Wildman–Crippen MR) is 73.5 cm³/mol. The number of benzene rings is 1. The van der Waals surface area contributed by atoms with Crippen molar-refractivity contribution in [1.82, 2.24) is 9.97 Å². The van der Waals surface area contributed by atoms with Crippen LogP contribution in [0.15, 0.2) is 36.7 Å². The van der Waals surface area contributed by atoms with Crippen molar-refractivity contribution < 1.29 is 0 Å². The summed E-state index contributed by atoms with van der Waals surface area (Å²) in [5.41, 5.74) is 4.64. The highest BCUT2D eigenvalue weighted by atomic mass is 14.8. The minimum atomic E-state index is 0.545. The largest absolute Gasteiger partial charge is 0.257 e. The molecule has 0 aliphatic heterocycles. The van der Waals surface area contributed by atoms with E-state index < -0.39 is 0 Å². The first-order valence-corrected chi connectivity index (χ1v) is 6.66. The van der Waals surface area contributed by atoms with Gasteiger partial charge in [-0.25, -0.2) is 0 Å². The summed E-state index contributed by atoms with van der Waals surface area (Å²) in [7, 11) is 0. The van der Waals surface area contributed by atoms with Crippen molar-refractivity contribution >= 4 is 0 Å². The SMILES string of the molecule is CC(C)c1cccc(-c2cnc(C3CC3)cn2)c1. The molecule has 2 aromatic rings. The van der Waals surface area contributed by atoms with Gasteiger partial charge in [-0.3, -0.25) is 9.97 Å². The van der Waals surface area contributed by atoms with Gasteiger partial charge in [0.05, 0.1) is 17.6 Å². The number of rotatable bonds is 3. The molecule has 0 atom stereocenters. The molecule has 0 bridgehead atoms. The second kappa shape index (κ2) is 4.52. The second-order valence-corrected chi connectivity index (χ2v) is 5.38. The van der Waals surface area contributed by atoms with Gasteiger partial charge in [0, 0.05) is 17.7 Å². The Morgan fingerprint density at radius 3 is 2.56 bits per heavy atom. The molecule has 18 heavy (non-hydrogen) atoms. The lowest BCUT2D eigenvalue weighted by molar-refractivity contribution is 0.867. The van der Waals surface area contributed by atoms with Crippen molar-refractivity contribution in [2.45, 2.75) is 38.5 Å². The zero-order valence-electron chi connectivity index (χ0n) is 10.9. The van der Waals surface area contributed by atoms with E-state index in [1.807, 2.05) is 12.4 Å². The predicted octanol–water partition coefficient (Wildman–Crippen LogP) is 4.14. The molecule has 3 rings (SSSR count). The van der Waals surface area contributed by atoms with Crippen LogP contribution in [0.1, 0.15) is 49.8 Å². The summed E-state index contributed by atoms with van der Waals surface area (Å²) in [6, 6.07) is 8.58. The van der Waals surface area contributed by atoms with Gasteiger partial charge in [0.1, 0.15) is 0 Å². The van der Waals surface area contributed by atoms with E-state index in [0.29, 0.717) is 11.8 Å². The lowest BCUT2D eigenvalue weighted by atomic mass is 10.00. The van der Waals surface area contributed by atoms with E-state index in [9.17, 15) is 0 Å². The Labute approximate surface area is 108 Å². The maximum Gasteiger partial charge on any atom is 0.0885 e. The quantitative estimate of drug-likeness (QED) is 0.803. The van der Waals surface area contributed by atoms with E-state index in [1.165, 1.54) is 18.4 Å². The monoisotopic (exact) mass is 238 g/mol. The molecule has 1 aromatic heterocycles. The Balaban J connectivity index is 1.91. The summed E-state index contributed by atoms with van der Waals surface area (Å²) in [5, 5.41) is 0. The molecule has 0 radical (unpaired) electrons. The zero-order valence-corrected chi connectivity index (χ0v) is 10.9. The molecule has 92 valence electrons. The summed E-state index contributed by atoms with van der Waals surface area (Å²) in [4.78, 5) is 9.08. The van der Waals surface area contributed by atoms with Crippen molar-refractivity contribution in [3.8, 4) is 11.3 Å². The van der Waals surface area contributed by atoms with Crippen LogP contribution in [0, 0.1) is 0 Å². The minimum Gasteiger partial charge on any atom is -0.257 e. The van der Waals surface area contributed by atoms with Gasteiger partial charge in [-0.05, 0) is 30.4 Å². The molecule has 0 amide bonds. The second-order valence-electron chi connectivity index (χ2n) is 5.38. The standard InChI is InChI=1S/C16H18N2/c1-11(2)13-4-3-5-14(8-13)16-10-17-15(9-18-16)12-6-7-12/h3-5,8-12H,6-7H2,1-2H3. The Morgan fingerprint density at radius 1 is 1.11 bits per heavy atom. The molecule has 2 heteroatoms. The average Bonchev–Trinajstić information content (AvgIpc) is 3.23. The Morgan fingerprint density at radius 2 is 1.94 bits per heavy atom. The van der Waals surface area contributed by atoms with Crippen LogP contribution in [0.3, 0.4) is 0 Å². The summed E-state index contributed by atoms with van der Waals surface area (Å²) in [5.74, 6) is 1.22. The first kappa shape index (κ1) is 11.4. The van der Waals surface area contributed by atoms with Gasteiger partial charge in [0.2, 0.25) is 0 Å². The van der Waals surface area contributed by atoms with Crippen LogP contribution in [-0.2, 0) is 0 Å². The van der Waals surface area contributed by atoms with E-state index in [2.05, 4.69) is 48.1 Å². The van der Waals surface area contributed by atoms with Gasteiger partial charge >= 0.3 is 0 Å². The lowest BCUT2D eigenvalue weighted by Gasteiger charge is -2.08. The highest BCUT2D eigenvalue weighted by Gasteiger charge is 2.25. The third kappa shape index (κ3) is 2.28. The van der Waals surface area contributed by atoms with Gasteiger partial charge in [-0.15, -0.1) is 0 Å². The molecular formula is C16H18N2. The smallest absolute Gasteiger partial charge is 0.0885 e. The first-order valence-electron chi connectivity index (χ1n) is 6.66. The maximum absolute atomic E-state index is 4.55. The topological polar surface area (TPSA) is 25.8 Å². The van der Waals surface area contributed by atoms with Crippen molar-refractivity contribution in [3.63, 3.8) is 0 Å². The van der Waals surface area contributed by atoms with E-state index in [1.54, 1.807) is 0 Å². The number of nitrogens with zero attached hydrogens (tertiary/aromatic N) is 2. The van der Waals surface area contributed by atoms with E-state index in [-0.39, 0.29) is 0 Å². The average molecular weight is 238 g/mol. The van der Waals surface area contributed by atoms with Crippen LogP contribution in [0.5, 0.6) is 0 Å². The summed E-state index contributed by atoms with van der Waals surface area (Å²) in [6.07, 6.45) is 6.40. The van der Waals surface area contributed by atoms with Gasteiger partial charge in [-0.2, -0.15) is 0 Å². The third-order valence-corrected chi connectivity index (χ3v) is 3.52. The van der Waals surface area contributed by atoms with Crippen LogP contribution >= 0.6 is 0 Å². The molecule has 1 aliphatic carbocycles. The van der Waals surface area contributed by atoms with E-state index >= 15 is 0 Å². The van der Waals surface area contributed by atoms with E-state index in [4.69, 9.17) is 0 Å². The molecule has 2 nitrogen and oxygen atoms in total. The molecule has 1 saturated carbocycles. The Hall–Kier alpha value is -1.70. The number of hydrogen-bond donors (Lipinski definition) is 0. The van der Waals surface area contributed by atoms with Crippen LogP contribution in [0.4, 0.5) is 0 Å². The molecule has 0 saturated heterocycles. The third-order valence-electron chi connectivity index (χ3n) is 3.52. The Bertz CT molecular complexity index is 539. The lowest BCUT2D eigenvalue weighted by Crippen LogP contribution is -1.92. The molecule has 0 unspecified atom stereocenters. The summed E-state index contributed by atoms with van der Waals surface area (Å²) in [6.45, 7) is 4.42. The Kier molecular flexibility index (Phi) is 2.86. The van der Waals surface area contributed by atoms with Crippen molar-refractivity contribution in [3.05, 3.63) is 47.9 Å². The van der Waals surface area contributed by atoms with Gasteiger partial charge in [-0.1, -0.05) is 32.0 Å². The summed E-state index contributed by atoms with van der Waals surface area (Å²) < 4.78 is 0. The van der Waals surface area contributed by atoms with E-state index in [0.717, 1.165) is 17.0 Å². The fraction of sp³-hybridized carbons (Fsp3) is 0.375. The maximum atomic E-state index is 4.55. The molecular weight excluding hydrogens is 220 g/mol. The number of aromatic nitrogens is 2. The molecule has 0 spiro atoms. The fourth-order valence-corrected chi connectivity index (χ4v) is 2.13. The van der Waals surface area contributed by atoms with Crippen LogP contribution in [-0.4, -0.2) is 9.97 Å². The molecule has 1 heterocycles. The van der Waals surface area contributed by atoms with Crippen LogP contribution in [0.25, 0.3) is 11.3 Å². The minimum absolute atomic E-state index is 0.545. The van der Waals surface area contributed by atoms with Gasteiger partial charge in [0.15, 0.2) is 0 Å². The van der Waals surface area contributed by atoms with Gasteiger partial charge in [0.25, 0.3) is 0 Å². The highest BCUT2D eigenvalue weighted by Crippen LogP contribution is 2.38. The zero-order chi connectivity index (χ0) is 12.5. The van der Waals surface area contributed by atoms with Crippen molar-refractivity contribution in [1.29, 1.82) is 0 Å². The summed E-state index contributed by atoms with van der Waals surface area (Å²) >= 11 is 0. The molecule has 1 aromatic carbocycles. The van der Waals surface area contributed by atoms with Crippen molar-refractivity contribution in [2.75, 3.05) is 0 Å².